The molecule has 1 N–H and O–H groups in total. The van der Waals surface area contributed by atoms with Crippen LogP contribution in [-0.4, -0.2) is 26.0 Å². The first-order valence-electron chi connectivity index (χ1n) is 8.84. The lowest BCUT2D eigenvalue weighted by Gasteiger charge is -2.06. The number of amides is 1. The van der Waals surface area contributed by atoms with E-state index >= 15 is 0 Å². The molecule has 0 saturated carbocycles. The van der Waals surface area contributed by atoms with Crippen LogP contribution in [0.1, 0.15) is 11.1 Å². The average molecular weight is 406 g/mol. The molecule has 3 heterocycles. The molecule has 144 valence electrons. The number of aromatic nitrogens is 4. The molecular weight excluding hydrogens is 390 g/mol. The van der Waals surface area contributed by atoms with E-state index in [-0.39, 0.29) is 18.2 Å². The molecule has 0 spiro atoms. The summed E-state index contributed by atoms with van der Waals surface area (Å²) in [7, 11) is 0. The van der Waals surface area contributed by atoms with E-state index in [0.717, 1.165) is 11.1 Å². The van der Waals surface area contributed by atoms with Crippen molar-refractivity contribution >= 4 is 23.4 Å². The Morgan fingerprint density at radius 3 is 2.72 bits per heavy atom. The van der Waals surface area contributed by atoms with E-state index in [1.807, 2.05) is 31.2 Å². The van der Waals surface area contributed by atoms with Gasteiger partial charge in [0, 0.05) is 17.4 Å². The lowest BCUT2D eigenvalue weighted by molar-refractivity contribution is -0.115. The van der Waals surface area contributed by atoms with Gasteiger partial charge < -0.3 is 4.52 Å². The van der Waals surface area contributed by atoms with Crippen molar-refractivity contribution in [3.05, 3.63) is 77.3 Å². The maximum atomic E-state index is 12.6. The summed E-state index contributed by atoms with van der Waals surface area (Å²) in [5.74, 6) is -0.0904. The van der Waals surface area contributed by atoms with Crippen LogP contribution in [-0.2, 0) is 11.2 Å². The number of nitrogens with zero attached hydrogens (tertiary/aromatic N) is 4. The van der Waals surface area contributed by atoms with Crippen LogP contribution in [0, 0.1) is 6.92 Å². The van der Waals surface area contributed by atoms with E-state index in [9.17, 15) is 4.79 Å². The SMILES string of the molecule is Cc1ccnc(-c2noc(NC(=O)Cc3ccccc3Cl)c2-c2ccncn2)c1. The van der Waals surface area contributed by atoms with Crippen LogP contribution in [0.25, 0.3) is 22.6 Å². The summed E-state index contributed by atoms with van der Waals surface area (Å²) < 4.78 is 5.47. The number of nitrogens with one attached hydrogen (secondary N) is 1. The highest BCUT2D eigenvalue weighted by Gasteiger charge is 2.23. The fourth-order valence-corrected chi connectivity index (χ4v) is 3.08. The number of rotatable bonds is 5. The highest BCUT2D eigenvalue weighted by molar-refractivity contribution is 6.31. The molecule has 0 saturated heterocycles. The zero-order chi connectivity index (χ0) is 20.2. The number of benzene rings is 1. The van der Waals surface area contributed by atoms with Gasteiger partial charge in [-0.2, -0.15) is 0 Å². The van der Waals surface area contributed by atoms with Crippen molar-refractivity contribution in [2.45, 2.75) is 13.3 Å². The van der Waals surface area contributed by atoms with Crippen molar-refractivity contribution < 1.29 is 9.32 Å². The lowest BCUT2D eigenvalue weighted by Crippen LogP contribution is -2.14. The molecular formula is C21H16ClN5O2. The molecule has 0 aliphatic carbocycles. The molecule has 0 radical (unpaired) electrons. The molecule has 1 aromatic carbocycles. The molecule has 0 aliphatic rings. The van der Waals surface area contributed by atoms with E-state index < -0.39 is 0 Å². The quantitative estimate of drug-likeness (QED) is 0.531. The van der Waals surface area contributed by atoms with Crippen LogP contribution in [0.4, 0.5) is 5.88 Å². The van der Waals surface area contributed by atoms with Crippen LogP contribution in [0.15, 0.2) is 65.7 Å². The highest BCUT2D eigenvalue weighted by atomic mass is 35.5. The van der Waals surface area contributed by atoms with Gasteiger partial charge in [0.15, 0.2) is 0 Å². The molecule has 1 amide bonds. The van der Waals surface area contributed by atoms with E-state index in [1.54, 1.807) is 30.6 Å². The van der Waals surface area contributed by atoms with Gasteiger partial charge in [-0.1, -0.05) is 35.0 Å². The Bertz CT molecular complexity index is 1160. The largest absolute Gasteiger partial charge is 0.337 e. The second-order valence-corrected chi connectivity index (χ2v) is 6.77. The van der Waals surface area contributed by atoms with Gasteiger partial charge in [0.1, 0.15) is 12.0 Å². The Labute approximate surface area is 171 Å². The van der Waals surface area contributed by atoms with Crippen LogP contribution in [0.3, 0.4) is 0 Å². The minimum atomic E-state index is -0.284. The summed E-state index contributed by atoms with van der Waals surface area (Å²) in [6.45, 7) is 1.96. The molecule has 0 bridgehead atoms. The predicted molar refractivity (Wildman–Crippen MR) is 109 cm³/mol. The lowest BCUT2D eigenvalue weighted by atomic mass is 10.1. The van der Waals surface area contributed by atoms with Crippen LogP contribution in [0.5, 0.6) is 0 Å². The van der Waals surface area contributed by atoms with E-state index in [2.05, 4.69) is 25.4 Å². The van der Waals surface area contributed by atoms with Gasteiger partial charge >= 0.3 is 0 Å². The molecule has 4 rings (SSSR count). The van der Waals surface area contributed by atoms with Crippen molar-refractivity contribution in [1.29, 1.82) is 0 Å². The molecule has 29 heavy (non-hydrogen) atoms. The summed E-state index contributed by atoms with van der Waals surface area (Å²) in [5.41, 5.74) is 3.95. The molecule has 8 heteroatoms. The van der Waals surface area contributed by atoms with Gasteiger partial charge in [0.25, 0.3) is 0 Å². The third-order valence-electron chi connectivity index (χ3n) is 4.25. The standard InChI is InChI=1S/C21H16ClN5O2/c1-13-6-9-24-17(10-13)20-19(16-7-8-23-12-25-16)21(29-27-20)26-18(28)11-14-4-2-3-5-15(14)22/h2-10,12H,11H2,1H3,(H,26,28). The minimum Gasteiger partial charge on any atom is -0.337 e. The number of aryl methyl sites for hydroxylation is 1. The van der Waals surface area contributed by atoms with Gasteiger partial charge in [-0.15, -0.1) is 0 Å². The van der Waals surface area contributed by atoms with E-state index in [0.29, 0.717) is 27.7 Å². The van der Waals surface area contributed by atoms with Crippen LogP contribution < -0.4 is 5.32 Å². The Hall–Kier alpha value is -3.58. The molecule has 7 nitrogen and oxygen atoms in total. The number of carbonyl (C=O) groups is 1. The first kappa shape index (κ1) is 18.8. The summed E-state index contributed by atoms with van der Waals surface area (Å²) in [6.07, 6.45) is 4.82. The number of halogens is 1. The first-order chi connectivity index (χ1) is 14.1. The Morgan fingerprint density at radius 2 is 1.97 bits per heavy atom. The Morgan fingerprint density at radius 1 is 1.10 bits per heavy atom. The molecule has 3 aromatic heterocycles. The Balaban J connectivity index is 1.70. The number of hydrogen-bond acceptors (Lipinski definition) is 6. The molecule has 0 unspecified atom stereocenters. The van der Waals surface area contributed by atoms with Crippen molar-refractivity contribution in [2.24, 2.45) is 0 Å². The average Bonchev–Trinajstić information content (AvgIpc) is 3.14. The monoisotopic (exact) mass is 405 g/mol. The third-order valence-corrected chi connectivity index (χ3v) is 4.62. The minimum absolute atomic E-state index is 0.0988. The highest BCUT2D eigenvalue weighted by Crippen LogP contribution is 2.36. The summed E-state index contributed by atoms with van der Waals surface area (Å²) in [5, 5.41) is 7.45. The number of anilines is 1. The second-order valence-electron chi connectivity index (χ2n) is 6.36. The van der Waals surface area contributed by atoms with Gasteiger partial charge in [-0.25, -0.2) is 9.97 Å². The van der Waals surface area contributed by atoms with E-state index in [4.69, 9.17) is 16.1 Å². The maximum Gasteiger partial charge on any atom is 0.241 e. The van der Waals surface area contributed by atoms with E-state index in [1.165, 1.54) is 6.33 Å². The van der Waals surface area contributed by atoms with Gasteiger partial charge in [0.05, 0.1) is 23.4 Å². The van der Waals surface area contributed by atoms with Crippen molar-refractivity contribution in [2.75, 3.05) is 5.32 Å². The zero-order valence-electron chi connectivity index (χ0n) is 15.5. The summed E-state index contributed by atoms with van der Waals surface area (Å²) in [6, 6.07) is 12.7. The Kier molecular flexibility index (Phi) is 5.31. The normalized spacial score (nSPS) is 10.7. The second kappa shape index (κ2) is 8.20. The van der Waals surface area contributed by atoms with Gasteiger partial charge in [-0.3, -0.25) is 15.1 Å². The smallest absolute Gasteiger partial charge is 0.241 e. The third kappa shape index (κ3) is 4.14. The first-order valence-corrected chi connectivity index (χ1v) is 9.22. The maximum absolute atomic E-state index is 12.6. The topological polar surface area (TPSA) is 93.8 Å². The number of pyridine rings is 1. The van der Waals surface area contributed by atoms with Crippen molar-refractivity contribution in [1.82, 2.24) is 20.1 Å². The summed E-state index contributed by atoms with van der Waals surface area (Å²) >= 11 is 6.16. The van der Waals surface area contributed by atoms with Gasteiger partial charge in [-0.05, 0) is 42.3 Å². The van der Waals surface area contributed by atoms with Crippen LogP contribution >= 0.6 is 11.6 Å². The predicted octanol–water partition coefficient (Wildman–Crippen LogP) is 4.34. The van der Waals surface area contributed by atoms with Crippen molar-refractivity contribution in [3.63, 3.8) is 0 Å². The number of hydrogen-bond donors (Lipinski definition) is 1. The number of carbonyl (C=O) groups excluding carboxylic acids is 1. The summed E-state index contributed by atoms with van der Waals surface area (Å²) in [4.78, 5) is 25.2. The van der Waals surface area contributed by atoms with Crippen molar-refractivity contribution in [3.8, 4) is 22.6 Å². The zero-order valence-corrected chi connectivity index (χ0v) is 16.2. The molecule has 0 aliphatic heterocycles. The molecule has 0 atom stereocenters. The molecule has 0 fully saturated rings. The van der Waals surface area contributed by atoms with Crippen LogP contribution in [0.2, 0.25) is 5.02 Å². The molecule has 4 aromatic rings. The fourth-order valence-electron chi connectivity index (χ4n) is 2.88. The van der Waals surface area contributed by atoms with Gasteiger partial charge in [0.2, 0.25) is 11.8 Å². The fraction of sp³-hybridized carbons (Fsp3) is 0.0952.